The smallest absolute Gasteiger partial charge is 0.237 e. The molecule has 0 saturated carbocycles. The fraction of sp³-hybridized carbons (Fsp3) is 0.889. The van der Waals surface area contributed by atoms with Crippen LogP contribution in [0, 0.1) is 5.92 Å². The van der Waals surface area contributed by atoms with Crippen LogP contribution in [-0.2, 0) is 14.6 Å². The first-order valence-electron chi connectivity index (χ1n) is 4.99. The summed E-state index contributed by atoms with van der Waals surface area (Å²) in [6.45, 7) is 3.10. The predicted octanol–water partition coefficient (Wildman–Crippen LogP) is -0.773. The molecule has 1 aliphatic heterocycles. The van der Waals surface area contributed by atoms with Gasteiger partial charge in [0.15, 0.2) is 9.84 Å². The van der Waals surface area contributed by atoms with Crippen LogP contribution in [0.5, 0.6) is 0 Å². The fourth-order valence-corrected chi connectivity index (χ4v) is 2.55. The van der Waals surface area contributed by atoms with E-state index in [4.69, 9.17) is 5.73 Å². The van der Waals surface area contributed by atoms with E-state index in [-0.39, 0.29) is 11.9 Å². The molecule has 2 atom stereocenters. The molecule has 0 aromatic rings. The van der Waals surface area contributed by atoms with E-state index in [1.54, 1.807) is 4.90 Å². The zero-order valence-corrected chi connectivity index (χ0v) is 9.96. The first-order chi connectivity index (χ1) is 6.78. The molecule has 2 unspecified atom stereocenters. The molecule has 88 valence electrons. The van der Waals surface area contributed by atoms with Gasteiger partial charge < -0.3 is 10.6 Å². The molecule has 0 radical (unpaired) electrons. The molecule has 6 heteroatoms. The molecule has 1 rings (SSSR count). The minimum Gasteiger partial charge on any atom is -0.340 e. The third kappa shape index (κ3) is 4.17. The number of piperidine rings is 1. The summed E-state index contributed by atoms with van der Waals surface area (Å²) in [6.07, 6.45) is 1.96. The van der Waals surface area contributed by atoms with E-state index in [1.165, 1.54) is 0 Å². The predicted molar refractivity (Wildman–Crippen MR) is 58.0 cm³/mol. The van der Waals surface area contributed by atoms with Gasteiger partial charge in [0.2, 0.25) is 5.91 Å². The number of nitrogens with two attached hydrogens (primary N) is 1. The summed E-state index contributed by atoms with van der Waals surface area (Å²) in [5, 5.41) is 0. The maximum atomic E-state index is 11.6. The molecule has 5 nitrogen and oxygen atoms in total. The highest BCUT2D eigenvalue weighted by molar-refractivity contribution is 7.91. The molecule has 1 amide bonds. The van der Waals surface area contributed by atoms with E-state index < -0.39 is 15.6 Å². The maximum absolute atomic E-state index is 11.6. The monoisotopic (exact) mass is 234 g/mol. The van der Waals surface area contributed by atoms with Crippen LogP contribution in [0.15, 0.2) is 0 Å². The van der Waals surface area contributed by atoms with Crippen LogP contribution in [0.1, 0.15) is 13.3 Å². The topological polar surface area (TPSA) is 80.5 Å². The second kappa shape index (κ2) is 4.49. The van der Waals surface area contributed by atoms with E-state index in [0.29, 0.717) is 19.0 Å². The summed E-state index contributed by atoms with van der Waals surface area (Å²) >= 11 is 0. The SMILES string of the molecule is CC1CC(N)CN(C(=O)CS(C)(=O)=O)C1. The number of carbonyl (C=O) groups is 1. The second-order valence-electron chi connectivity index (χ2n) is 4.47. The lowest BCUT2D eigenvalue weighted by Gasteiger charge is -2.34. The summed E-state index contributed by atoms with van der Waals surface area (Å²) in [7, 11) is -3.24. The lowest BCUT2D eigenvalue weighted by molar-refractivity contribution is -0.130. The van der Waals surface area contributed by atoms with Gasteiger partial charge in [-0.15, -0.1) is 0 Å². The minimum atomic E-state index is -3.24. The summed E-state index contributed by atoms with van der Waals surface area (Å²) in [5.74, 6) is -0.399. The van der Waals surface area contributed by atoms with Gasteiger partial charge in [-0.3, -0.25) is 4.79 Å². The van der Waals surface area contributed by atoms with E-state index >= 15 is 0 Å². The van der Waals surface area contributed by atoms with Crippen molar-refractivity contribution >= 4 is 15.7 Å². The zero-order chi connectivity index (χ0) is 11.6. The largest absolute Gasteiger partial charge is 0.340 e. The Kier molecular flexibility index (Phi) is 3.72. The summed E-state index contributed by atoms with van der Waals surface area (Å²) in [5.41, 5.74) is 5.77. The van der Waals surface area contributed by atoms with Crippen molar-refractivity contribution in [2.75, 3.05) is 25.1 Å². The molecule has 0 aliphatic carbocycles. The van der Waals surface area contributed by atoms with Gasteiger partial charge in [-0.2, -0.15) is 0 Å². The van der Waals surface area contributed by atoms with Gasteiger partial charge in [0.05, 0.1) is 0 Å². The molecular weight excluding hydrogens is 216 g/mol. The molecule has 1 aliphatic rings. The van der Waals surface area contributed by atoms with Crippen LogP contribution < -0.4 is 5.73 Å². The van der Waals surface area contributed by atoms with Crippen molar-refractivity contribution in [1.29, 1.82) is 0 Å². The Morgan fingerprint density at radius 2 is 2.07 bits per heavy atom. The number of hydrogen-bond donors (Lipinski definition) is 1. The first kappa shape index (κ1) is 12.4. The standard InChI is InChI=1S/C9H18N2O3S/c1-7-3-8(10)5-11(4-7)9(12)6-15(2,13)14/h7-8H,3-6,10H2,1-2H3. The Morgan fingerprint density at radius 1 is 1.47 bits per heavy atom. The number of likely N-dealkylation sites (tertiary alicyclic amines) is 1. The van der Waals surface area contributed by atoms with E-state index in [9.17, 15) is 13.2 Å². The van der Waals surface area contributed by atoms with Crippen molar-refractivity contribution in [2.24, 2.45) is 11.7 Å². The molecule has 0 aromatic carbocycles. The summed E-state index contributed by atoms with van der Waals surface area (Å²) < 4.78 is 21.9. The second-order valence-corrected chi connectivity index (χ2v) is 6.61. The van der Waals surface area contributed by atoms with Crippen molar-refractivity contribution in [3.05, 3.63) is 0 Å². The molecule has 1 saturated heterocycles. The highest BCUT2D eigenvalue weighted by atomic mass is 32.2. The van der Waals surface area contributed by atoms with Crippen molar-refractivity contribution in [3.63, 3.8) is 0 Å². The number of sulfone groups is 1. The van der Waals surface area contributed by atoms with Gasteiger partial charge >= 0.3 is 0 Å². The fourth-order valence-electron chi connectivity index (χ4n) is 1.92. The van der Waals surface area contributed by atoms with Crippen LogP contribution in [0.3, 0.4) is 0 Å². The van der Waals surface area contributed by atoms with E-state index in [1.807, 2.05) is 6.92 Å². The highest BCUT2D eigenvalue weighted by Crippen LogP contribution is 2.15. The Hall–Kier alpha value is -0.620. The molecule has 1 fully saturated rings. The summed E-state index contributed by atoms with van der Waals surface area (Å²) in [4.78, 5) is 13.2. The van der Waals surface area contributed by atoms with E-state index in [0.717, 1.165) is 12.7 Å². The number of nitrogens with zero attached hydrogens (tertiary/aromatic N) is 1. The Balaban J connectivity index is 2.60. The third-order valence-electron chi connectivity index (χ3n) is 2.43. The zero-order valence-electron chi connectivity index (χ0n) is 9.14. The Morgan fingerprint density at radius 3 is 2.53 bits per heavy atom. The average molecular weight is 234 g/mol. The molecule has 2 N–H and O–H groups in total. The van der Waals surface area contributed by atoms with Crippen molar-refractivity contribution in [2.45, 2.75) is 19.4 Å². The normalized spacial score (nSPS) is 27.8. The summed E-state index contributed by atoms with van der Waals surface area (Å²) in [6, 6.07) is -0.0303. The van der Waals surface area contributed by atoms with Crippen LogP contribution in [-0.4, -0.2) is 50.4 Å². The van der Waals surface area contributed by atoms with Gasteiger partial charge in [0.1, 0.15) is 5.75 Å². The van der Waals surface area contributed by atoms with E-state index in [2.05, 4.69) is 0 Å². The van der Waals surface area contributed by atoms with Crippen molar-refractivity contribution in [1.82, 2.24) is 4.90 Å². The molecular formula is C9H18N2O3S. The van der Waals surface area contributed by atoms with Gasteiger partial charge in [-0.05, 0) is 12.3 Å². The Labute approximate surface area is 90.5 Å². The van der Waals surface area contributed by atoms with Crippen LogP contribution in [0.25, 0.3) is 0 Å². The molecule has 0 bridgehead atoms. The van der Waals surface area contributed by atoms with Crippen LogP contribution in [0.4, 0.5) is 0 Å². The minimum absolute atomic E-state index is 0.0303. The number of amides is 1. The van der Waals surface area contributed by atoms with Crippen LogP contribution >= 0.6 is 0 Å². The van der Waals surface area contributed by atoms with Crippen molar-refractivity contribution in [3.8, 4) is 0 Å². The Bertz CT molecular complexity index is 329. The number of hydrogen-bond acceptors (Lipinski definition) is 4. The van der Waals surface area contributed by atoms with Gasteiger partial charge in [-0.25, -0.2) is 8.42 Å². The highest BCUT2D eigenvalue weighted by Gasteiger charge is 2.27. The average Bonchev–Trinajstić information content (AvgIpc) is 1.98. The third-order valence-corrected chi connectivity index (χ3v) is 3.20. The molecule has 0 aromatic heterocycles. The van der Waals surface area contributed by atoms with Gasteiger partial charge in [0.25, 0.3) is 0 Å². The van der Waals surface area contributed by atoms with Crippen LogP contribution in [0.2, 0.25) is 0 Å². The lowest BCUT2D eigenvalue weighted by atomic mass is 9.97. The first-order valence-corrected chi connectivity index (χ1v) is 7.05. The maximum Gasteiger partial charge on any atom is 0.237 e. The van der Waals surface area contributed by atoms with Gasteiger partial charge in [0, 0.05) is 25.4 Å². The lowest BCUT2D eigenvalue weighted by Crippen LogP contribution is -2.50. The molecule has 1 heterocycles. The van der Waals surface area contributed by atoms with Crippen molar-refractivity contribution < 1.29 is 13.2 Å². The molecule has 0 spiro atoms. The number of carbonyl (C=O) groups excluding carboxylic acids is 1. The molecule has 15 heavy (non-hydrogen) atoms. The number of rotatable bonds is 2. The quantitative estimate of drug-likeness (QED) is 0.680. The van der Waals surface area contributed by atoms with Gasteiger partial charge in [-0.1, -0.05) is 6.92 Å².